The molecule has 1 N–H and O–H groups in total. The lowest BCUT2D eigenvalue weighted by Gasteiger charge is -2.22. The summed E-state index contributed by atoms with van der Waals surface area (Å²) in [7, 11) is 0. The van der Waals surface area contributed by atoms with E-state index in [9.17, 15) is 14.7 Å². The van der Waals surface area contributed by atoms with Gasteiger partial charge in [-0.15, -0.1) is 0 Å². The summed E-state index contributed by atoms with van der Waals surface area (Å²) < 4.78 is 0. The number of hydrogen-bond donors (Lipinski definition) is 1. The highest BCUT2D eigenvalue weighted by molar-refractivity contribution is 6.28. The van der Waals surface area contributed by atoms with Crippen LogP contribution < -0.4 is 0 Å². The van der Waals surface area contributed by atoms with Gasteiger partial charge in [0.05, 0.1) is 5.57 Å². The van der Waals surface area contributed by atoms with Crippen LogP contribution in [0, 0.1) is 0 Å². The van der Waals surface area contributed by atoms with Gasteiger partial charge in [-0.1, -0.05) is 24.3 Å². The number of Topliss-reactive ketones (excluding diaryl/α,β-unsaturated/α-hetero) is 2. The van der Waals surface area contributed by atoms with E-state index in [1.54, 1.807) is 30.3 Å². The maximum absolute atomic E-state index is 12.2. The average Bonchev–Trinajstić information content (AvgIpc) is 2.36. The molecule has 0 saturated carbocycles. The first-order valence-corrected chi connectivity index (χ1v) is 5.51. The summed E-state index contributed by atoms with van der Waals surface area (Å²) in [5, 5.41) is 9.75. The lowest BCUT2D eigenvalue weighted by atomic mass is 9.79. The predicted molar refractivity (Wildman–Crippen MR) is 62.1 cm³/mol. The van der Waals surface area contributed by atoms with Gasteiger partial charge >= 0.3 is 0 Å². The molecule has 0 amide bonds. The number of hydrogen-bond acceptors (Lipinski definition) is 3. The average molecular weight is 226 g/mol. The molecule has 0 unspecified atom stereocenters. The summed E-state index contributed by atoms with van der Waals surface area (Å²) in [5.74, 6) is -0.433. The van der Waals surface area contributed by atoms with E-state index < -0.39 is 0 Å². The van der Waals surface area contributed by atoms with Gasteiger partial charge in [0.1, 0.15) is 5.76 Å². The molecule has 0 aliphatic heterocycles. The molecule has 0 atom stereocenters. The molecule has 0 saturated heterocycles. The Morgan fingerprint density at radius 2 is 1.65 bits per heavy atom. The molecule has 0 aromatic heterocycles. The minimum absolute atomic E-state index is 0.0564. The smallest absolute Gasteiger partial charge is 0.197 e. The zero-order valence-electron chi connectivity index (χ0n) is 9.06. The van der Waals surface area contributed by atoms with Crippen molar-refractivity contribution in [3.63, 3.8) is 0 Å². The molecule has 17 heavy (non-hydrogen) atoms. The van der Waals surface area contributed by atoms with Crippen molar-refractivity contribution in [2.45, 2.75) is 12.8 Å². The molecule has 0 radical (unpaired) electrons. The molecule has 1 aromatic rings. The Hall–Kier alpha value is -2.16. The van der Waals surface area contributed by atoms with Crippen molar-refractivity contribution in [2.75, 3.05) is 0 Å². The van der Waals surface area contributed by atoms with Crippen LogP contribution in [-0.4, -0.2) is 16.7 Å². The van der Waals surface area contributed by atoms with Crippen molar-refractivity contribution in [1.82, 2.24) is 0 Å². The lowest BCUT2D eigenvalue weighted by Crippen LogP contribution is -2.24. The van der Waals surface area contributed by atoms with Crippen LogP contribution >= 0.6 is 0 Å². The van der Waals surface area contributed by atoms with Gasteiger partial charge in [0, 0.05) is 16.7 Å². The van der Waals surface area contributed by atoms with Gasteiger partial charge in [0.2, 0.25) is 0 Å². The van der Waals surface area contributed by atoms with Crippen molar-refractivity contribution >= 4 is 11.6 Å². The largest absolute Gasteiger partial charge is 0.508 e. The normalized spacial score (nSPS) is 18.7. The van der Waals surface area contributed by atoms with E-state index in [2.05, 4.69) is 0 Å². The maximum atomic E-state index is 12.2. The van der Waals surface area contributed by atoms with Crippen molar-refractivity contribution < 1.29 is 14.7 Å². The lowest BCUT2D eigenvalue weighted by molar-refractivity contribution is 0.0967. The molecule has 0 heterocycles. The van der Waals surface area contributed by atoms with E-state index in [-0.39, 0.29) is 22.9 Å². The number of carbonyl (C=O) groups excluding carboxylic acids is 2. The van der Waals surface area contributed by atoms with Crippen molar-refractivity contribution in [3.8, 4) is 0 Å². The first-order valence-electron chi connectivity index (χ1n) is 5.51. The Morgan fingerprint density at radius 3 is 2.35 bits per heavy atom. The van der Waals surface area contributed by atoms with Crippen LogP contribution in [0.4, 0.5) is 0 Å². The molecule has 2 aliphatic rings. The Balaban J connectivity index is 2.28. The number of rotatable bonds is 0. The summed E-state index contributed by atoms with van der Waals surface area (Å²) in [5.41, 5.74) is 1.48. The SMILES string of the molecule is O=C1C2=C(C(=O)c3ccccc31)C(O)=CCC2. The third kappa shape index (κ3) is 1.29. The topological polar surface area (TPSA) is 54.4 Å². The van der Waals surface area contributed by atoms with Crippen LogP contribution in [0.15, 0.2) is 47.2 Å². The molecule has 0 spiro atoms. The molecule has 0 fully saturated rings. The van der Waals surface area contributed by atoms with E-state index in [0.717, 1.165) is 0 Å². The molecule has 84 valence electrons. The first kappa shape index (κ1) is 10.0. The monoisotopic (exact) mass is 226 g/mol. The predicted octanol–water partition coefficient (Wildman–Crippen LogP) is 2.60. The van der Waals surface area contributed by atoms with Gasteiger partial charge in [0.15, 0.2) is 11.6 Å². The number of fused-ring (bicyclic) bond motifs is 1. The van der Waals surface area contributed by atoms with Gasteiger partial charge in [-0.2, -0.15) is 0 Å². The number of aliphatic hydroxyl groups is 1. The highest BCUT2D eigenvalue weighted by Crippen LogP contribution is 2.34. The molecule has 3 nitrogen and oxygen atoms in total. The van der Waals surface area contributed by atoms with Crippen LogP contribution in [0.1, 0.15) is 33.6 Å². The Morgan fingerprint density at radius 1 is 1.00 bits per heavy atom. The molecule has 2 aliphatic carbocycles. The third-order valence-corrected chi connectivity index (χ3v) is 3.21. The summed E-state index contributed by atoms with van der Waals surface area (Å²) in [6.45, 7) is 0. The second kappa shape index (κ2) is 3.42. The van der Waals surface area contributed by atoms with Gasteiger partial charge in [-0.3, -0.25) is 9.59 Å². The fourth-order valence-electron chi connectivity index (χ4n) is 2.39. The van der Waals surface area contributed by atoms with Gasteiger partial charge in [0.25, 0.3) is 0 Å². The standard InChI is InChI=1S/C14H10O3/c15-11-7-3-6-10-12(11)14(17)9-5-2-1-4-8(9)13(10)16/h1-2,4-5,7,15H,3,6H2. The quantitative estimate of drug-likeness (QED) is 0.739. The third-order valence-electron chi connectivity index (χ3n) is 3.21. The fraction of sp³-hybridized carbons (Fsp3) is 0.143. The number of benzene rings is 1. The van der Waals surface area contributed by atoms with E-state index in [1.807, 2.05) is 0 Å². The molecular weight excluding hydrogens is 216 g/mol. The number of allylic oxidation sites excluding steroid dienone is 3. The zero-order valence-corrected chi connectivity index (χ0v) is 9.06. The summed E-state index contributed by atoms with van der Waals surface area (Å²) in [6.07, 6.45) is 2.72. The van der Waals surface area contributed by atoms with Gasteiger partial charge < -0.3 is 5.11 Å². The molecular formula is C14H10O3. The summed E-state index contributed by atoms with van der Waals surface area (Å²) >= 11 is 0. The van der Waals surface area contributed by atoms with Crippen LogP contribution in [-0.2, 0) is 0 Å². The van der Waals surface area contributed by atoms with E-state index in [1.165, 1.54) is 0 Å². The first-order chi connectivity index (χ1) is 8.20. The minimum atomic E-state index is -0.247. The molecule has 1 aromatic carbocycles. The highest BCUT2D eigenvalue weighted by atomic mass is 16.3. The second-order valence-corrected chi connectivity index (χ2v) is 4.19. The van der Waals surface area contributed by atoms with Crippen molar-refractivity contribution in [3.05, 3.63) is 58.4 Å². The Labute approximate surface area is 98.1 Å². The van der Waals surface area contributed by atoms with E-state index in [0.29, 0.717) is 29.5 Å². The van der Waals surface area contributed by atoms with Crippen molar-refractivity contribution in [2.24, 2.45) is 0 Å². The molecule has 3 rings (SSSR count). The Bertz CT molecular complexity index is 606. The van der Waals surface area contributed by atoms with Crippen LogP contribution in [0.3, 0.4) is 0 Å². The molecule has 0 bridgehead atoms. The second-order valence-electron chi connectivity index (χ2n) is 4.19. The molecule has 3 heteroatoms. The highest BCUT2D eigenvalue weighted by Gasteiger charge is 2.34. The number of aliphatic hydroxyl groups excluding tert-OH is 1. The Kier molecular flexibility index (Phi) is 2.01. The van der Waals surface area contributed by atoms with Crippen LogP contribution in [0.25, 0.3) is 0 Å². The van der Waals surface area contributed by atoms with Gasteiger partial charge in [-0.05, 0) is 18.9 Å². The minimum Gasteiger partial charge on any atom is -0.508 e. The van der Waals surface area contributed by atoms with E-state index >= 15 is 0 Å². The summed E-state index contributed by atoms with van der Waals surface area (Å²) in [6, 6.07) is 6.75. The van der Waals surface area contributed by atoms with Crippen molar-refractivity contribution in [1.29, 1.82) is 0 Å². The van der Waals surface area contributed by atoms with E-state index in [4.69, 9.17) is 0 Å². The maximum Gasteiger partial charge on any atom is 0.197 e. The number of ketones is 2. The number of carbonyl (C=O) groups is 2. The summed E-state index contributed by atoms with van der Waals surface area (Å²) in [4.78, 5) is 24.4. The van der Waals surface area contributed by atoms with Gasteiger partial charge in [-0.25, -0.2) is 0 Å². The fourth-order valence-corrected chi connectivity index (χ4v) is 2.39. The van der Waals surface area contributed by atoms with Crippen LogP contribution in [0.5, 0.6) is 0 Å². The van der Waals surface area contributed by atoms with Crippen LogP contribution in [0.2, 0.25) is 0 Å². The zero-order chi connectivity index (χ0) is 12.0.